The van der Waals surface area contributed by atoms with Crippen molar-refractivity contribution in [3.05, 3.63) is 53.6 Å². The van der Waals surface area contributed by atoms with Gasteiger partial charge in [-0.2, -0.15) is 0 Å². The smallest absolute Gasteiger partial charge is 0.335 e. The molecular formula is C16H12N2O2S. The Morgan fingerprint density at radius 3 is 2.67 bits per heavy atom. The van der Waals surface area contributed by atoms with Gasteiger partial charge in [-0.3, -0.25) is 0 Å². The number of hydrogen-bond acceptors (Lipinski definition) is 4. The molecule has 0 saturated heterocycles. The first-order valence-electron chi connectivity index (χ1n) is 6.26. The summed E-state index contributed by atoms with van der Waals surface area (Å²) in [5.74, 6) is -1.03. The van der Waals surface area contributed by atoms with Crippen LogP contribution < -0.4 is 5.73 Å². The van der Waals surface area contributed by atoms with E-state index < -0.39 is 5.97 Å². The Hall–Kier alpha value is -2.66. The molecule has 4 N–H and O–H groups in total. The van der Waals surface area contributed by atoms with E-state index in [4.69, 9.17) is 11.1 Å². The minimum atomic E-state index is -1.03. The molecule has 0 fully saturated rings. The monoisotopic (exact) mass is 296 g/mol. The molecule has 104 valence electrons. The fourth-order valence-electron chi connectivity index (χ4n) is 2.24. The van der Waals surface area contributed by atoms with Crippen molar-refractivity contribution in [1.29, 1.82) is 5.41 Å². The summed E-state index contributed by atoms with van der Waals surface area (Å²) in [6.07, 6.45) is 1.08. The van der Waals surface area contributed by atoms with Crippen LogP contribution in [0.1, 0.15) is 15.9 Å². The van der Waals surface area contributed by atoms with Gasteiger partial charge in [0.05, 0.1) is 5.56 Å². The summed E-state index contributed by atoms with van der Waals surface area (Å²) in [6.45, 7) is 0. The lowest BCUT2D eigenvalue weighted by Crippen LogP contribution is -2.02. The Bertz CT molecular complexity index is 835. The lowest BCUT2D eigenvalue weighted by Gasteiger charge is -2.08. The zero-order chi connectivity index (χ0) is 15.0. The zero-order valence-corrected chi connectivity index (χ0v) is 11.8. The number of carbonyl (C=O) groups is 1. The van der Waals surface area contributed by atoms with Crippen LogP contribution in [0.5, 0.6) is 0 Å². The highest BCUT2D eigenvalue weighted by Crippen LogP contribution is 2.37. The van der Waals surface area contributed by atoms with Crippen molar-refractivity contribution >= 4 is 39.3 Å². The molecular weight excluding hydrogens is 284 g/mol. The number of carboxylic acid groups (broad SMARTS) is 1. The van der Waals surface area contributed by atoms with Gasteiger partial charge < -0.3 is 16.2 Å². The molecule has 0 spiro atoms. The van der Waals surface area contributed by atoms with Gasteiger partial charge in [0.15, 0.2) is 0 Å². The first-order chi connectivity index (χ1) is 10.1. The molecule has 4 nitrogen and oxygen atoms in total. The molecule has 0 bridgehead atoms. The van der Waals surface area contributed by atoms with E-state index in [-0.39, 0.29) is 5.56 Å². The molecule has 0 saturated carbocycles. The van der Waals surface area contributed by atoms with Crippen LogP contribution in [0.4, 0.5) is 5.69 Å². The van der Waals surface area contributed by atoms with E-state index in [0.29, 0.717) is 16.8 Å². The second-order valence-electron chi connectivity index (χ2n) is 4.62. The average molecular weight is 296 g/mol. The molecule has 1 heterocycles. The van der Waals surface area contributed by atoms with Gasteiger partial charge in [-0.05, 0) is 29.7 Å². The van der Waals surface area contributed by atoms with Crippen LogP contribution in [-0.2, 0) is 0 Å². The van der Waals surface area contributed by atoms with Crippen LogP contribution in [0.3, 0.4) is 0 Å². The topological polar surface area (TPSA) is 87.2 Å². The second kappa shape index (κ2) is 5.03. The minimum absolute atomic E-state index is 0.134. The predicted octanol–water partition coefficient (Wildman–Crippen LogP) is 3.85. The maximum Gasteiger partial charge on any atom is 0.335 e. The van der Waals surface area contributed by atoms with Gasteiger partial charge in [0.1, 0.15) is 0 Å². The van der Waals surface area contributed by atoms with Crippen LogP contribution in [-0.4, -0.2) is 17.3 Å². The Labute approximate surface area is 125 Å². The SMILES string of the molecule is N=Cc1cc(C(=O)O)cc(-c2cc3ccccc3s2)c1N. The first kappa shape index (κ1) is 13.3. The Balaban J connectivity index is 2.27. The zero-order valence-electron chi connectivity index (χ0n) is 11.0. The molecule has 5 heteroatoms. The van der Waals surface area contributed by atoms with E-state index in [0.717, 1.165) is 21.2 Å². The van der Waals surface area contributed by atoms with Crippen LogP contribution in [0.15, 0.2) is 42.5 Å². The number of benzene rings is 2. The molecule has 3 rings (SSSR count). The average Bonchev–Trinajstić information content (AvgIpc) is 2.90. The third-order valence-corrected chi connectivity index (χ3v) is 4.45. The summed E-state index contributed by atoms with van der Waals surface area (Å²) in [4.78, 5) is 12.1. The number of thiophene rings is 1. The largest absolute Gasteiger partial charge is 0.478 e. The summed E-state index contributed by atoms with van der Waals surface area (Å²) in [7, 11) is 0. The molecule has 0 aliphatic heterocycles. The lowest BCUT2D eigenvalue weighted by molar-refractivity contribution is 0.0697. The third-order valence-electron chi connectivity index (χ3n) is 3.31. The molecule has 0 atom stereocenters. The number of anilines is 1. The maximum atomic E-state index is 11.2. The van der Waals surface area contributed by atoms with E-state index in [9.17, 15) is 9.90 Å². The molecule has 0 aliphatic carbocycles. The van der Waals surface area contributed by atoms with Crippen molar-refractivity contribution < 1.29 is 9.90 Å². The summed E-state index contributed by atoms with van der Waals surface area (Å²) >= 11 is 1.56. The van der Waals surface area contributed by atoms with E-state index in [1.165, 1.54) is 6.07 Å². The third kappa shape index (κ3) is 2.28. The van der Waals surface area contributed by atoms with Gasteiger partial charge in [0.25, 0.3) is 0 Å². The van der Waals surface area contributed by atoms with Gasteiger partial charge in [0.2, 0.25) is 0 Å². The van der Waals surface area contributed by atoms with Crippen molar-refractivity contribution in [3.8, 4) is 10.4 Å². The quantitative estimate of drug-likeness (QED) is 0.507. The highest BCUT2D eigenvalue weighted by Gasteiger charge is 2.14. The van der Waals surface area contributed by atoms with Crippen molar-refractivity contribution in [2.24, 2.45) is 0 Å². The van der Waals surface area contributed by atoms with Gasteiger partial charge >= 0.3 is 5.97 Å². The predicted molar refractivity (Wildman–Crippen MR) is 86.5 cm³/mol. The minimum Gasteiger partial charge on any atom is -0.478 e. The standard InChI is InChI=1S/C16H12N2O2S/c17-8-11-5-10(16(19)20)6-12(15(11)18)14-7-9-3-1-2-4-13(9)21-14/h1-8,17H,18H2,(H,19,20). The summed E-state index contributed by atoms with van der Waals surface area (Å²) in [5, 5.41) is 17.7. The normalized spacial score (nSPS) is 10.7. The number of nitrogens with one attached hydrogen (secondary N) is 1. The molecule has 3 aromatic rings. The Morgan fingerprint density at radius 2 is 2.00 bits per heavy atom. The van der Waals surface area contributed by atoms with Crippen LogP contribution in [0, 0.1) is 5.41 Å². The van der Waals surface area contributed by atoms with Gasteiger partial charge in [-0.1, -0.05) is 18.2 Å². The van der Waals surface area contributed by atoms with Crippen molar-refractivity contribution in [1.82, 2.24) is 0 Å². The Morgan fingerprint density at radius 1 is 1.24 bits per heavy atom. The van der Waals surface area contributed by atoms with E-state index in [2.05, 4.69) is 0 Å². The summed E-state index contributed by atoms with van der Waals surface area (Å²) in [6, 6.07) is 12.9. The fraction of sp³-hybridized carbons (Fsp3) is 0. The first-order valence-corrected chi connectivity index (χ1v) is 7.08. The Kier molecular flexibility index (Phi) is 3.19. The summed E-state index contributed by atoms with van der Waals surface area (Å²) in [5.41, 5.74) is 7.73. The molecule has 2 aromatic carbocycles. The summed E-state index contributed by atoms with van der Waals surface area (Å²) < 4.78 is 1.11. The van der Waals surface area contributed by atoms with Crippen LogP contribution in [0.2, 0.25) is 0 Å². The number of rotatable bonds is 3. The number of nitrogens with two attached hydrogens (primary N) is 1. The number of carboxylic acids is 1. The fourth-order valence-corrected chi connectivity index (χ4v) is 3.33. The van der Waals surface area contributed by atoms with E-state index >= 15 is 0 Å². The molecule has 0 radical (unpaired) electrons. The highest BCUT2D eigenvalue weighted by molar-refractivity contribution is 7.22. The molecule has 21 heavy (non-hydrogen) atoms. The van der Waals surface area contributed by atoms with E-state index in [1.807, 2.05) is 30.3 Å². The number of nitrogen functional groups attached to an aromatic ring is 1. The lowest BCUT2D eigenvalue weighted by atomic mass is 10.0. The van der Waals surface area contributed by atoms with Crippen molar-refractivity contribution in [2.45, 2.75) is 0 Å². The van der Waals surface area contributed by atoms with Gasteiger partial charge in [-0.15, -0.1) is 11.3 Å². The van der Waals surface area contributed by atoms with Crippen LogP contribution in [0.25, 0.3) is 20.5 Å². The van der Waals surface area contributed by atoms with Crippen LogP contribution >= 0.6 is 11.3 Å². The number of aromatic carboxylic acids is 1. The van der Waals surface area contributed by atoms with E-state index in [1.54, 1.807) is 17.4 Å². The van der Waals surface area contributed by atoms with Gasteiger partial charge in [0, 0.05) is 32.6 Å². The number of fused-ring (bicyclic) bond motifs is 1. The van der Waals surface area contributed by atoms with Gasteiger partial charge in [-0.25, -0.2) is 4.79 Å². The molecule has 1 aromatic heterocycles. The highest BCUT2D eigenvalue weighted by atomic mass is 32.1. The second-order valence-corrected chi connectivity index (χ2v) is 5.71. The van der Waals surface area contributed by atoms with Crippen molar-refractivity contribution in [3.63, 3.8) is 0 Å². The number of hydrogen-bond donors (Lipinski definition) is 3. The molecule has 0 amide bonds. The molecule has 0 unspecified atom stereocenters. The van der Waals surface area contributed by atoms with Crippen molar-refractivity contribution in [2.75, 3.05) is 5.73 Å². The maximum absolute atomic E-state index is 11.2. The molecule has 0 aliphatic rings.